The summed E-state index contributed by atoms with van der Waals surface area (Å²) < 4.78 is 15.2. The fraction of sp³-hybridized carbons (Fsp3) is 0.273. The summed E-state index contributed by atoms with van der Waals surface area (Å²) in [5, 5.41) is 16.8. The third-order valence-electron chi connectivity index (χ3n) is 5.97. The topological polar surface area (TPSA) is 144 Å². The first kappa shape index (κ1) is 20.7. The summed E-state index contributed by atoms with van der Waals surface area (Å²) in [6.45, 7) is 3.72. The molecule has 4 aromatic rings. The average molecular weight is 448 g/mol. The number of nitrogens with one attached hydrogen (secondary N) is 1. The lowest BCUT2D eigenvalue weighted by Gasteiger charge is -2.23. The summed E-state index contributed by atoms with van der Waals surface area (Å²) in [5.74, 6) is -1.21. The maximum Gasteiger partial charge on any atom is 0.240 e. The molecule has 0 aliphatic carbocycles. The van der Waals surface area contributed by atoms with Crippen LogP contribution in [0.2, 0.25) is 0 Å². The number of unbranched alkanes of at least 4 members (excludes halogenated alkanes) is 1. The molecule has 5 rings (SSSR count). The third-order valence-corrected chi connectivity index (χ3v) is 5.97. The largest absolute Gasteiger partial charge is 0.505 e. The number of nitrogens with zero attached hydrogens (tertiary/aromatic N) is 6. The van der Waals surface area contributed by atoms with Crippen molar-refractivity contribution in [2.75, 3.05) is 11.1 Å². The monoisotopic (exact) mass is 448 g/mol. The predicted octanol–water partition coefficient (Wildman–Crippen LogP) is 2.61. The number of benzene rings is 1. The van der Waals surface area contributed by atoms with Gasteiger partial charge in [-0.25, -0.2) is 28.8 Å². The minimum absolute atomic E-state index is 0.0789. The number of anilines is 2. The molecule has 1 aliphatic rings. The van der Waals surface area contributed by atoms with Crippen LogP contribution in [0.25, 0.3) is 17.2 Å². The van der Waals surface area contributed by atoms with Crippen LogP contribution >= 0.6 is 0 Å². The van der Waals surface area contributed by atoms with Crippen LogP contribution in [-0.2, 0) is 16.6 Å². The van der Waals surface area contributed by atoms with Gasteiger partial charge in [-0.3, -0.25) is 4.79 Å². The molecule has 0 unspecified atom stereocenters. The van der Waals surface area contributed by atoms with Crippen LogP contribution < -0.4 is 11.1 Å². The Balaban J connectivity index is 1.64. The average Bonchev–Trinajstić information content (AvgIpc) is 3.37. The molecule has 0 spiro atoms. The number of hydrogen-bond donors (Lipinski definition) is 3. The van der Waals surface area contributed by atoms with E-state index in [0.717, 1.165) is 31.0 Å². The SMILES string of the molecule is CCCCc1nc(-c2nc(N)c3c(n2)NC(=O)[C@@]3(C)c2ccc(F)c(O)c2)cn2ncnc12. The lowest BCUT2D eigenvalue weighted by Crippen LogP contribution is -2.33. The molecule has 1 aliphatic heterocycles. The normalized spacial score (nSPS) is 17.4. The maximum atomic E-state index is 13.6. The summed E-state index contributed by atoms with van der Waals surface area (Å²) >= 11 is 0. The summed E-state index contributed by atoms with van der Waals surface area (Å²) in [6, 6.07) is 3.73. The number of phenolic OH excluding ortho intramolecular Hbond substituents is 1. The zero-order valence-corrected chi connectivity index (χ0v) is 18.0. The first-order valence-corrected chi connectivity index (χ1v) is 10.5. The Kier molecular flexibility index (Phi) is 4.69. The predicted molar refractivity (Wildman–Crippen MR) is 118 cm³/mol. The van der Waals surface area contributed by atoms with Gasteiger partial charge in [-0.05, 0) is 37.5 Å². The number of fused-ring (bicyclic) bond motifs is 2. The van der Waals surface area contributed by atoms with Gasteiger partial charge in [-0.2, -0.15) is 5.10 Å². The number of amides is 1. The Hall–Kier alpha value is -4.15. The number of hydrogen-bond acceptors (Lipinski definition) is 8. The Morgan fingerprint density at radius 3 is 2.85 bits per heavy atom. The summed E-state index contributed by atoms with van der Waals surface area (Å²) in [7, 11) is 0. The number of halogens is 1. The number of carbonyl (C=O) groups is 1. The van der Waals surface area contributed by atoms with Gasteiger partial charge in [0.2, 0.25) is 5.91 Å². The van der Waals surface area contributed by atoms with Crippen molar-refractivity contribution in [1.29, 1.82) is 0 Å². The van der Waals surface area contributed by atoms with Gasteiger partial charge in [0.25, 0.3) is 0 Å². The lowest BCUT2D eigenvalue weighted by atomic mass is 9.77. The Labute approximate surface area is 187 Å². The highest BCUT2D eigenvalue weighted by Crippen LogP contribution is 2.45. The summed E-state index contributed by atoms with van der Waals surface area (Å²) in [5.41, 5.74) is 7.61. The maximum absolute atomic E-state index is 13.6. The lowest BCUT2D eigenvalue weighted by molar-refractivity contribution is -0.119. The van der Waals surface area contributed by atoms with Crippen LogP contribution in [-0.4, -0.2) is 40.6 Å². The molecule has 0 radical (unpaired) electrons. The van der Waals surface area contributed by atoms with Crippen molar-refractivity contribution in [3.63, 3.8) is 0 Å². The van der Waals surface area contributed by atoms with E-state index in [1.807, 2.05) is 0 Å². The van der Waals surface area contributed by atoms with E-state index in [-0.39, 0.29) is 17.5 Å². The Morgan fingerprint density at radius 1 is 1.27 bits per heavy atom. The van der Waals surface area contributed by atoms with Gasteiger partial charge in [0.15, 0.2) is 23.0 Å². The second-order valence-electron chi connectivity index (χ2n) is 8.11. The molecule has 0 fully saturated rings. The van der Waals surface area contributed by atoms with E-state index in [2.05, 4.69) is 32.3 Å². The fourth-order valence-corrected chi connectivity index (χ4v) is 4.13. The van der Waals surface area contributed by atoms with Crippen molar-refractivity contribution in [2.45, 2.75) is 38.5 Å². The number of aryl methyl sites for hydroxylation is 1. The van der Waals surface area contributed by atoms with E-state index >= 15 is 0 Å². The first-order chi connectivity index (χ1) is 15.8. The van der Waals surface area contributed by atoms with Crippen molar-refractivity contribution in [3.8, 4) is 17.3 Å². The molecule has 1 amide bonds. The molecule has 33 heavy (non-hydrogen) atoms. The second-order valence-corrected chi connectivity index (χ2v) is 8.11. The molecule has 0 saturated carbocycles. The number of rotatable bonds is 5. The first-order valence-electron chi connectivity index (χ1n) is 10.5. The van der Waals surface area contributed by atoms with Gasteiger partial charge in [0.1, 0.15) is 29.1 Å². The molecule has 0 saturated heterocycles. The van der Waals surface area contributed by atoms with Crippen LogP contribution in [0.4, 0.5) is 16.0 Å². The van der Waals surface area contributed by atoms with Crippen LogP contribution in [0, 0.1) is 5.82 Å². The quantitative estimate of drug-likeness (QED) is 0.423. The fourth-order valence-electron chi connectivity index (χ4n) is 4.13. The van der Waals surface area contributed by atoms with Crippen molar-refractivity contribution < 1.29 is 14.3 Å². The molecular weight excluding hydrogens is 427 g/mol. The van der Waals surface area contributed by atoms with E-state index in [4.69, 9.17) is 10.7 Å². The Bertz CT molecular complexity index is 1420. The number of nitrogen functional groups attached to an aromatic ring is 1. The van der Waals surface area contributed by atoms with E-state index < -0.39 is 22.9 Å². The minimum atomic E-state index is -1.31. The van der Waals surface area contributed by atoms with Crippen molar-refractivity contribution in [2.24, 2.45) is 0 Å². The third kappa shape index (κ3) is 3.15. The molecular formula is C22H21FN8O2. The molecule has 1 aromatic carbocycles. The van der Waals surface area contributed by atoms with E-state index in [0.29, 0.717) is 22.5 Å². The molecule has 4 heterocycles. The highest BCUT2D eigenvalue weighted by molar-refractivity contribution is 6.09. The van der Waals surface area contributed by atoms with Gasteiger partial charge >= 0.3 is 0 Å². The van der Waals surface area contributed by atoms with Crippen molar-refractivity contribution >= 4 is 23.2 Å². The standard InChI is InChI=1S/C22H21FN8O2/c1-3-4-5-13-20-25-10-26-31(20)9-14(27-13)18-28-17(24)16-19(29-18)30-21(33)22(16,2)11-6-7-12(23)15(32)8-11/h6-10,32H,3-5H2,1-2H3,(H3,24,28,29,30,33)/t22-/m0/s1. The minimum Gasteiger partial charge on any atom is -0.505 e. The molecule has 0 bridgehead atoms. The molecule has 168 valence electrons. The highest BCUT2D eigenvalue weighted by Gasteiger charge is 2.48. The van der Waals surface area contributed by atoms with Crippen LogP contribution in [0.5, 0.6) is 5.75 Å². The van der Waals surface area contributed by atoms with E-state index in [9.17, 15) is 14.3 Å². The molecule has 3 aromatic heterocycles. The van der Waals surface area contributed by atoms with E-state index in [1.165, 1.54) is 18.5 Å². The van der Waals surface area contributed by atoms with Crippen LogP contribution in [0.15, 0.2) is 30.7 Å². The second kappa shape index (κ2) is 7.47. The highest BCUT2D eigenvalue weighted by atomic mass is 19.1. The van der Waals surface area contributed by atoms with Crippen molar-refractivity contribution in [3.05, 3.63) is 53.4 Å². The van der Waals surface area contributed by atoms with Crippen LogP contribution in [0.1, 0.15) is 43.5 Å². The van der Waals surface area contributed by atoms with Gasteiger partial charge in [0.05, 0.1) is 17.5 Å². The molecule has 11 heteroatoms. The number of nitrogens with two attached hydrogens (primary N) is 1. The van der Waals surface area contributed by atoms with E-state index in [1.54, 1.807) is 17.6 Å². The van der Waals surface area contributed by atoms with Crippen molar-refractivity contribution in [1.82, 2.24) is 29.5 Å². The summed E-state index contributed by atoms with van der Waals surface area (Å²) in [4.78, 5) is 30.9. The van der Waals surface area contributed by atoms with Crippen LogP contribution in [0.3, 0.4) is 0 Å². The zero-order chi connectivity index (χ0) is 23.3. The zero-order valence-electron chi connectivity index (χ0n) is 18.0. The van der Waals surface area contributed by atoms with Gasteiger partial charge in [-0.15, -0.1) is 0 Å². The van der Waals surface area contributed by atoms with Gasteiger partial charge in [-0.1, -0.05) is 19.4 Å². The molecule has 10 nitrogen and oxygen atoms in total. The van der Waals surface area contributed by atoms with Gasteiger partial charge < -0.3 is 16.2 Å². The number of phenols is 1. The molecule has 4 N–H and O–H groups in total. The van der Waals surface area contributed by atoms with Gasteiger partial charge in [0, 0.05) is 0 Å². The number of aromatic hydroxyl groups is 1. The number of carbonyl (C=O) groups excluding carboxylic acids is 1. The summed E-state index contributed by atoms with van der Waals surface area (Å²) in [6.07, 6.45) is 5.77. The number of aromatic nitrogens is 6. The Morgan fingerprint density at radius 2 is 2.09 bits per heavy atom. The molecule has 1 atom stereocenters. The smallest absolute Gasteiger partial charge is 0.240 e.